The van der Waals surface area contributed by atoms with Crippen LogP contribution >= 0.6 is 0 Å². The van der Waals surface area contributed by atoms with Crippen molar-refractivity contribution in [3.05, 3.63) is 34.9 Å². The molecule has 0 aliphatic carbocycles. The SMILES string of the molecule is Cc1cc(C)cc(C(NC(=O)C2CCCN(C(=O)NCC(C)C)C2)C(=O)O)c1. The number of hydrogen-bond donors (Lipinski definition) is 3. The first-order valence-electron chi connectivity index (χ1n) is 9.81. The molecule has 1 aliphatic heterocycles. The van der Waals surface area contributed by atoms with Crippen molar-refractivity contribution < 1.29 is 19.5 Å². The molecule has 154 valence electrons. The number of carbonyl (C=O) groups excluding carboxylic acids is 2. The molecule has 2 rings (SSSR count). The van der Waals surface area contributed by atoms with Gasteiger partial charge in [0, 0.05) is 19.6 Å². The second-order valence-electron chi connectivity index (χ2n) is 8.07. The number of hydrogen-bond acceptors (Lipinski definition) is 3. The average Bonchev–Trinajstić information content (AvgIpc) is 2.62. The van der Waals surface area contributed by atoms with Gasteiger partial charge in [0.15, 0.2) is 6.04 Å². The second kappa shape index (κ2) is 9.57. The zero-order valence-electron chi connectivity index (χ0n) is 17.1. The van der Waals surface area contributed by atoms with Crippen LogP contribution < -0.4 is 10.6 Å². The van der Waals surface area contributed by atoms with Gasteiger partial charge in [0.2, 0.25) is 5.91 Å². The molecule has 1 fully saturated rings. The highest BCUT2D eigenvalue weighted by atomic mass is 16.4. The Hall–Kier alpha value is -2.57. The zero-order valence-corrected chi connectivity index (χ0v) is 17.1. The number of aliphatic carboxylic acids is 1. The van der Waals surface area contributed by atoms with Gasteiger partial charge in [-0.15, -0.1) is 0 Å². The summed E-state index contributed by atoms with van der Waals surface area (Å²) >= 11 is 0. The van der Waals surface area contributed by atoms with E-state index < -0.39 is 17.9 Å². The molecule has 3 amide bonds. The topological polar surface area (TPSA) is 98.7 Å². The number of aryl methyl sites for hydroxylation is 2. The van der Waals surface area contributed by atoms with Crippen molar-refractivity contribution in [2.45, 2.75) is 46.6 Å². The van der Waals surface area contributed by atoms with E-state index in [4.69, 9.17) is 0 Å². The van der Waals surface area contributed by atoms with Crippen LogP contribution in [0, 0.1) is 25.7 Å². The van der Waals surface area contributed by atoms with Gasteiger partial charge in [0.05, 0.1) is 5.92 Å². The van der Waals surface area contributed by atoms with Crippen molar-refractivity contribution in [3.63, 3.8) is 0 Å². The summed E-state index contributed by atoms with van der Waals surface area (Å²) in [6, 6.07) is 4.24. The first-order chi connectivity index (χ1) is 13.2. The van der Waals surface area contributed by atoms with Gasteiger partial charge in [0.25, 0.3) is 0 Å². The van der Waals surface area contributed by atoms with Crippen LogP contribution in [0.2, 0.25) is 0 Å². The normalized spacial score (nSPS) is 17.9. The highest BCUT2D eigenvalue weighted by Crippen LogP contribution is 2.21. The Bertz CT molecular complexity index is 712. The summed E-state index contributed by atoms with van der Waals surface area (Å²) in [6.07, 6.45) is 1.35. The molecule has 0 bridgehead atoms. The fraction of sp³-hybridized carbons (Fsp3) is 0.571. The fourth-order valence-corrected chi connectivity index (χ4v) is 3.50. The predicted octanol–water partition coefficient (Wildman–Crippen LogP) is 2.62. The molecule has 1 aromatic rings. The molecule has 1 aromatic carbocycles. The van der Waals surface area contributed by atoms with E-state index in [1.165, 1.54) is 0 Å². The molecule has 1 saturated heterocycles. The van der Waals surface area contributed by atoms with Gasteiger partial charge in [-0.2, -0.15) is 0 Å². The number of likely N-dealkylation sites (tertiary alicyclic amines) is 1. The molecule has 0 radical (unpaired) electrons. The second-order valence-corrected chi connectivity index (χ2v) is 8.07. The number of nitrogens with zero attached hydrogens (tertiary/aromatic N) is 1. The molecular formula is C21H31N3O4. The van der Waals surface area contributed by atoms with Gasteiger partial charge in [-0.05, 0) is 38.2 Å². The van der Waals surface area contributed by atoms with E-state index >= 15 is 0 Å². The number of benzene rings is 1. The highest BCUT2D eigenvalue weighted by molar-refractivity contribution is 5.86. The van der Waals surface area contributed by atoms with Crippen molar-refractivity contribution in [3.8, 4) is 0 Å². The van der Waals surface area contributed by atoms with Gasteiger partial charge >= 0.3 is 12.0 Å². The van der Waals surface area contributed by atoms with E-state index in [0.29, 0.717) is 44.0 Å². The Morgan fingerprint density at radius 2 is 1.82 bits per heavy atom. The summed E-state index contributed by atoms with van der Waals surface area (Å²) in [4.78, 5) is 38.5. The van der Waals surface area contributed by atoms with Gasteiger partial charge in [-0.1, -0.05) is 43.2 Å². The van der Waals surface area contributed by atoms with E-state index in [-0.39, 0.29) is 11.9 Å². The Labute approximate surface area is 166 Å². The van der Waals surface area contributed by atoms with Gasteiger partial charge in [-0.25, -0.2) is 9.59 Å². The lowest BCUT2D eigenvalue weighted by Gasteiger charge is -2.32. The third-order valence-corrected chi connectivity index (χ3v) is 4.85. The molecule has 1 heterocycles. The Morgan fingerprint density at radius 1 is 1.18 bits per heavy atom. The summed E-state index contributed by atoms with van der Waals surface area (Å²) < 4.78 is 0. The van der Waals surface area contributed by atoms with Crippen LogP contribution in [0.1, 0.15) is 49.4 Å². The minimum absolute atomic E-state index is 0.171. The molecule has 0 aromatic heterocycles. The summed E-state index contributed by atoms with van der Waals surface area (Å²) in [7, 11) is 0. The highest BCUT2D eigenvalue weighted by Gasteiger charge is 2.31. The summed E-state index contributed by atoms with van der Waals surface area (Å²) in [5, 5.41) is 15.2. The Balaban J connectivity index is 2.04. The van der Waals surface area contributed by atoms with E-state index in [1.807, 2.05) is 33.8 Å². The number of rotatable bonds is 6. The largest absolute Gasteiger partial charge is 0.479 e. The molecule has 1 aliphatic rings. The summed E-state index contributed by atoms with van der Waals surface area (Å²) in [6.45, 7) is 9.32. The lowest BCUT2D eigenvalue weighted by atomic mass is 9.95. The molecule has 7 nitrogen and oxygen atoms in total. The smallest absolute Gasteiger partial charge is 0.330 e. The van der Waals surface area contributed by atoms with Gasteiger partial charge < -0.3 is 20.6 Å². The van der Waals surface area contributed by atoms with E-state index in [2.05, 4.69) is 10.6 Å². The maximum Gasteiger partial charge on any atom is 0.330 e. The molecule has 2 unspecified atom stereocenters. The third kappa shape index (κ3) is 5.97. The van der Waals surface area contributed by atoms with Crippen LogP contribution in [-0.4, -0.2) is 47.5 Å². The Kier molecular flexibility index (Phi) is 7.43. The number of carboxylic acid groups (broad SMARTS) is 1. The standard InChI is InChI=1S/C21H31N3O4/c1-13(2)11-22-21(28)24-7-5-6-16(12-24)19(25)23-18(20(26)27)17-9-14(3)8-15(4)10-17/h8-10,13,16,18H,5-7,11-12H2,1-4H3,(H,22,28)(H,23,25)(H,26,27). The molecule has 7 heteroatoms. The van der Waals surface area contributed by atoms with Crippen molar-refractivity contribution in [1.29, 1.82) is 0 Å². The zero-order chi connectivity index (χ0) is 20.8. The third-order valence-electron chi connectivity index (χ3n) is 4.85. The lowest BCUT2D eigenvalue weighted by Crippen LogP contribution is -2.50. The van der Waals surface area contributed by atoms with Gasteiger partial charge in [0.1, 0.15) is 0 Å². The first kappa shape index (κ1) is 21.7. The van der Waals surface area contributed by atoms with Crippen molar-refractivity contribution in [2.75, 3.05) is 19.6 Å². The minimum Gasteiger partial charge on any atom is -0.479 e. The summed E-state index contributed by atoms with van der Waals surface area (Å²) in [5.74, 6) is -1.48. The average molecular weight is 389 g/mol. The molecule has 2 atom stereocenters. The van der Waals surface area contributed by atoms with Crippen LogP contribution in [0.4, 0.5) is 4.79 Å². The number of amides is 3. The van der Waals surface area contributed by atoms with Crippen LogP contribution in [0.3, 0.4) is 0 Å². The van der Waals surface area contributed by atoms with Crippen molar-refractivity contribution in [1.82, 2.24) is 15.5 Å². The number of piperidine rings is 1. The fourth-order valence-electron chi connectivity index (χ4n) is 3.50. The number of carbonyl (C=O) groups is 3. The minimum atomic E-state index is -1.10. The predicted molar refractivity (Wildman–Crippen MR) is 107 cm³/mol. The monoisotopic (exact) mass is 389 g/mol. The van der Waals surface area contributed by atoms with Crippen molar-refractivity contribution >= 4 is 17.9 Å². The van der Waals surface area contributed by atoms with E-state index in [1.54, 1.807) is 17.0 Å². The number of carboxylic acids is 1. The van der Waals surface area contributed by atoms with Crippen LogP contribution in [0.5, 0.6) is 0 Å². The first-order valence-corrected chi connectivity index (χ1v) is 9.81. The molecule has 0 spiro atoms. The van der Waals surface area contributed by atoms with E-state index in [0.717, 1.165) is 11.1 Å². The molecule has 0 saturated carbocycles. The lowest BCUT2D eigenvalue weighted by molar-refractivity contribution is -0.143. The van der Waals surface area contributed by atoms with Crippen LogP contribution in [-0.2, 0) is 9.59 Å². The Morgan fingerprint density at radius 3 is 2.39 bits per heavy atom. The molecular weight excluding hydrogens is 358 g/mol. The summed E-state index contributed by atoms with van der Waals surface area (Å²) in [5.41, 5.74) is 2.45. The van der Waals surface area contributed by atoms with Crippen molar-refractivity contribution in [2.24, 2.45) is 11.8 Å². The molecule has 28 heavy (non-hydrogen) atoms. The number of nitrogens with one attached hydrogen (secondary N) is 2. The quantitative estimate of drug-likeness (QED) is 0.696. The van der Waals surface area contributed by atoms with Gasteiger partial charge in [-0.3, -0.25) is 4.79 Å². The van der Waals surface area contributed by atoms with E-state index in [9.17, 15) is 19.5 Å². The van der Waals surface area contributed by atoms with Crippen LogP contribution in [0.15, 0.2) is 18.2 Å². The number of urea groups is 1. The molecule has 3 N–H and O–H groups in total. The maximum absolute atomic E-state index is 12.8. The maximum atomic E-state index is 12.8. The van der Waals surface area contributed by atoms with Crippen LogP contribution in [0.25, 0.3) is 0 Å².